The van der Waals surface area contributed by atoms with Crippen LogP contribution >= 0.6 is 11.8 Å². The third-order valence-corrected chi connectivity index (χ3v) is 5.38. The Kier molecular flexibility index (Phi) is 5.60. The summed E-state index contributed by atoms with van der Waals surface area (Å²) < 4.78 is 39.6. The zero-order valence-corrected chi connectivity index (χ0v) is 12.3. The van der Waals surface area contributed by atoms with Gasteiger partial charge in [-0.3, -0.25) is 0 Å². The highest BCUT2D eigenvalue weighted by atomic mass is 32.2. The first-order valence-corrected chi connectivity index (χ1v) is 8.30. The molecule has 5 nitrogen and oxygen atoms in total. The Morgan fingerprint density at radius 2 is 2.16 bits per heavy atom. The predicted molar refractivity (Wildman–Crippen MR) is 75.0 cm³/mol. The molecule has 0 saturated heterocycles. The molecule has 1 aromatic rings. The second-order valence-corrected chi connectivity index (χ2v) is 6.84. The highest BCUT2D eigenvalue weighted by Crippen LogP contribution is 2.18. The Hall–Kier alpha value is -0.830. The van der Waals surface area contributed by atoms with Crippen LogP contribution in [0.4, 0.5) is 10.1 Å². The predicted octanol–water partition coefficient (Wildman–Crippen LogP) is 0.799. The number of hydrogen-bond acceptors (Lipinski definition) is 5. The zero-order valence-electron chi connectivity index (χ0n) is 10.6. The summed E-state index contributed by atoms with van der Waals surface area (Å²) in [7, 11) is -3.79. The van der Waals surface area contributed by atoms with E-state index < -0.39 is 21.9 Å². The Morgan fingerprint density at radius 1 is 1.53 bits per heavy atom. The van der Waals surface area contributed by atoms with Crippen LogP contribution in [0.3, 0.4) is 0 Å². The minimum absolute atomic E-state index is 0.101. The minimum Gasteiger partial charge on any atom is -0.396 e. The van der Waals surface area contributed by atoms with E-state index in [1.54, 1.807) is 13.2 Å². The molecule has 1 rings (SSSR count). The lowest BCUT2D eigenvalue weighted by atomic mass is 10.3. The van der Waals surface area contributed by atoms with E-state index >= 15 is 0 Å². The average molecular weight is 308 g/mol. The SMILES string of the molecule is CSC(CO)C(C)NS(=O)(=O)c1ccc(F)c(N)c1. The van der Waals surface area contributed by atoms with Gasteiger partial charge in [-0.15, -0.1) is 0 Å². The smallest absolute Gasteiger partial charge is 0.240 e. The van der Waals surface area contributed by atoms with Crippen molar-refractivity contribution in [1.82, 2.24) is 4.72 Å². The summed E-state index contributed by atoms with van der Waals surface area (Å²) in [4.78, 5) is -0.101. The first-order chi connectivity index (χ1) is 8.81. The van der Waals surface area contributed by atoms with Gasteiger partial charge in [0.1, 0.15) is 5.82 Å². The van der Waals surface area contributed by atoms with Crippen LogP contribution in [0.15, 0.2) is 23.1 Å². The molecule has 19 heavy (non-hydrogen) atoms. The van der Waals surface area contributed by atoms with E-state index in [0.717, 1.165) is 18.2 Å². The maximum Gasteiger partial charge on any atom is 0.240 e. The highest BCUT2D eigenvalue weighted by molar-refractivity contribution is 7.99. The number of nitrogens with two attached hydrogens (primary N) is 1. The van der Waals surface area contributed by atoms with Gasteiger partial charge in [0.15, 0.2) is 0 Å². The van der Waals surface area contributed by atoms with Crippen LogP contribution in [0, 0.1) is 5.82 Å². The van der Waals surface area contributed by atoms with Gasteiger partial charge in [0.2, 0.25) is 10.0 Å². The van der Waals surface area contributed by atoms with E-state index in [-0.39, 0.29) is 22.4 Å². The number of hydrogen-bond donors (Lipinski definition) is 3. The Morgan fingerprint density at radius 3 is 2.63 bits per heavy atom. The monoisotopic (exact) mass is 308 g/mol. The van der Waals surface area contributed by atoms with Crippen LogP contribution < -0.4 is 10.5 Å². The number of nitrogen functional groups attached to an aromatic ring is 1. The van der Waals surface area contributed by atoms with Crippen LogP contribution in [-0.2, 0) is 10.0 Å². The van der Waals surface area contributed by atoms with Crippen molar-refractivity contribution in [2.45, 2.75) is 23.1 Å². The van der Waals surface area contributed by atoms with Gasteiger partial charge in [-0.05, 0) is 31.4 Å². The van der Waals surface area contributed by atoms with Crippen LogP contribution in [0.1, 0.15) is 6.92 Å². The van der Waals surface area contributed by atoms with Gasteiger partial charge >= 0.3 is 0 Å². The van der Waals surface area contributed by atoms with Crippen LogP contribution in [0.2, 0.25) is 0 Å². The molecule has 108 valence electrons. The molecule has 0 saturated carbocycles. The Bertz CT molecular complexity index is 533. The van der Waals surface area contributed by atoms with Gasteiger partial charge in [-0.1, -0.05) is 0 Å². The number of anilines is 1. The Balaban J connectivity index is 2.95. The van der Waals surface area contributed by atoms with Crippen molar-refractivity contribution in [1.29, 1.82) is 0 Å². The lowest BCUT2D eigenvalue weighted by Gasteiger charge is -2.21. The van der Waals surface area contributed by atoms with Gasteiger partial charge in [-0.25, -0.2) is 17.5 Å². The van der Waals surface area contributed by atoms with Crippen molar-refractivity contribution in [2.24, 2.45) is 0 Å². The summed E-state index contributed by atoms with van der Waals surface area (Å²) in [5.41, 5.74) is 5.13. The van der Waals surface area contributed by atoms with Crippen LogP contribution in [-0.4, -0.2) is 37.7 Å². The molecule has 0 aliphatic rings. The molecule has 0 fully saturated rings. The molecule has 0 aromatic heterocycles. The van der Waals surface area contributed by atoms with E-state index in [1.165, 1.54) is 11.8 Å². The molecule has 2 unspecified atom stereocenters. The minimum atomic E-state index is -3.79. The summed E-state index contributed by atoms with van der Waals surface area (Å²) in [5.74, 6) is -0.663. The summed E-state index contributed by atoms with van der Waals surface area (Å²) in [6.45, 7) is 1.51. The average Bonchev–Trinajstić information content (AvgIpc) is 2.33. The van der Waals surface area contributed by atoms with Crippen molar-refractivity contribution in [3.63, 3.8) is 0 Å². The third kappa shape index (κ3) is 4.07. The molecule has 0 heterocycles. The van der Waals surface area contributed by atoms with E-state index in [2.05, 4.69) is 4.72 Å². The molecule has 4 N–H and O–H groups in total. The number of sulfonamides is 1. The molecule has 2 atom stereocenters. The zero-order chi connectivity index (χ0) is 14.6. The quantitative estimate of drug-likeness (QED) is 0.676. The first kappa shape index (κ1) is 16.2. The maximum absolute atomic E-state index is 13.0. The lowest BCUT2D eigenvalue weighted by Crippen LogP contribution is -2.41. The van der Waals surface area contributed by atoms with Crippen molar-refractivity contribution in [2.75, 3.05) is 18.6 Å². The number of thioether (sulfide) groups is 1. The van der Waals surface area contributed by atoms with E-state index in [1.807, 2.05) is 0 Å². The van der Waals surface area contributed by atoms with E-state index in [9.17, 15) is 12.8 Å². The molecule has 8 heteroatoms. The summed E-state index contributed by atoms with van der Waals surface area (Å²) in [6.07, 6.45) is 1.78. The number of nitrogens with one attached hydrogen (secondary N) is 1. The molecule has 0 bridgehead atoms. The van der Waals surface area contributed by atoms with E-state index in [4.69, 9.17) is 10.8 Å². The number of aliphatic hydroxyl groups is 1. The highest BCUT2D eigenvalue weighted by Gasteiger charge is 2.23. The van der Waals surface area contributed by atoms with Crippen molar-refractivity contribution in [3.05, 3.63) is 24.0 Å². The fraction of sp³-hybridized carbons (Fsp3) is 0.455. The fourth-order valence-corrected chi connectivity index (χ4v) is 3.55. The van der Waals surface area contributed by atoms with Crippen molar-refractivity contribution in [3.8, 4) is 0 Å². The summed E-state index contributed by atoms with van der Waals surface area (Å²) in [5, 5.41) is 8.86. The molecule has 0 spiro atoms. The van der Waals surface area contributed by atoms with Gasteiger partial charge in [-0.2, -0.15) is 11.8 Å². The van der Waals surface area contributed by atoms with Crippen molar-refractivity contribution < 1.29 is 17.9 Å². The third-order valence-electron chi connectivity index (χ3n) is 2.66. The first-order valence-electron chi connectivity index (χ1n) is 5.53. The molecule has 0 aliphatic heterocycles. The van der Waals surface area contributed by atoms with Gasteiger partial charge in [0.25, 0.3) is 0 Å². The van der Waals surface area contributed by atoms with Crippen molar-refractivity contribution >= 4 is 27.5 Å². The Labute approximate surface area is 116 Å². The maximum atomic E-state index is 13.0. The van der Waals surface area contributed by atoms with Gasteiger partial charge in [0, 0.05) is 11.3 Å². The van der Waals surface area contributed by atoms with Gasteiger partial charge in [0.05, 0.1) is 17.2 Å². The summed E-state index contributed by atoms with van der Waals surface area (Å²) >= 11 is 1.36. The second kappa shape index (κ2) is 6.56. The standard InChI is InChI=1S/C11H17FN2O3S2/c1-7(11(6-15)18-2)14-19(16,17)8-3-4-9(12)10(13)5-8/h3-5,7,11,14-15H,6,13H2,1-2H3. The molecular formula is C11H17FN2O3S2. The largest absolute Gasteiger partial charge is 0.396 e. The van der Waals surface area contributed by atoms with Gasteiger partial charge < -0.3 is 10.8 Å². The normalized spacial score (nSPS) is 15.2. The van der Waals surface area contributed by atoms with E-state index in [0.29, 0.717) is 0 Å². The second-order valence-electron chi connectivity index (χ2n) is 4.05. The number of rotatable bonds is 6. The molecule has 1 aromatic carbocycles. The number of benzene rings is 1. The lowest BCUT2D eigenvalue weighted by molar-refractivity contribution is 0.282. The van der Waals surface area contributed by atoms with Crippen LogP contribution in [0.5, 0.6) is 0 Å². The molecule has 0 radical (unpaired) electrons. The topological polar surface area (TPSA) is 92.4 Å². The van der Waals surface area contributed by atoms with Crippen LogP contribution in [0.25, 0.3) is 0 Å². The fourth-order valence-electron chi connectivity index (χ4n) is 1.51. The molecular weight excluding hydrogens is 291 g/mol. The summed E-state index contributed by atoms with van der Waals surface area (Å²) in [6, 6.07) is 2.76. The number of halogens is 1. The molecule has 0 aliphatic carbocycles. The number of aliphatic hydroxyl groups excluding tert-OH is 1. The molecule has 0 amide bonds.